The Bertz CT molecular complexity index is 359. The van der Waals surface area contributed by atoms with Gasteiger partial charge in [-0.15, -0.1) is 0 Å². The van der Waals surface area contributed by atoms with Crippen LogP contribution in [-0.2, 0) is 6.18 Å². The molecule has 2 rings (SSSR count). The monoisotopic (exact) mass is 214 g/mol. The van der Waals surface area contributed by atoms with Gasteiger partial charge in [0.25, 0.3) is 0 Å². The van der Waals surface area contributed by atoms with Crippen LogP contribution in [0.3, 0.4) is 0 Å². The Morgan fingerprint density at radius 2 is 1.80 bits per heavy atom. The summed E-state index contributed by atoms with van der Waals surface area (Å²) in [7, 11) is 0. The molecule has 0 bridgehead atoms. The highest BCUT2D eigenvalue weighted by molar-refractivity contribution is 5.48. The molecule has 0 saturated carbocycles. The van der Waals surface area contributed by atoms with Crippen LogP contribution in [0.15, 0.2) is 36.5 Å². The van der Waals surface area contributed by atoms with E-state index in [1.165, 1.54) is 12.1 Å². The Hall–Kier alpha value is -1.65. The van der Waals surface area contributed by atoms with Gasteiger partial charge in [-0.1, -0.05) is 0 Å². The summed E-state index contributed by atoms with van der Waals surface area (Å²) < 4.78 is 36.8. The standard InChI is InChI=1S/C10H9F3N2/c11-10(12,13)8-2-4-9(5-3-8)15-7-1-6-14-15/h1-6,14H,7H2. The van der Waals surface area contributed by atoms with E-state index in [9.17, 15) is 13.2 Å². The second kappa shape index (κ2) is 3.49. The first kappa shape index (κ1) is 9.89. The number of nitrogens with one attached hydrogen (secondary N) is 1. The van der Waals surface area contributed by atoms with Crippen molar-refractivity contribution < 1.29 is 13.2 Å². The predicted molar refractivity (Wildman–Crippen MR) is 51.1 cm³/mol. The van der Waals surface area contributed by atoms with Crippen molar-refractivity contribution in [2.45, 2.75) is 6.18 Å². The lowest BCUT2D eigenvalue weighted by Crippen LogP contribution is -2.29. The van der Waals surface area contributed by atoms with Crippen LogP contribution < -0.4 is 10.4 Å². The minimum Gasteiger partial charge on any atom is -0.306 e. The molecule has 0 amide bonds. The molecule has 1 aliphatic rings. The highest BCUT2D eigenvalue weighted by Crippen LogP contribution is 2.30. The molecule has 15 heavy (non-hydrogen) atoms. The van der Waals surface area contributed by atoms with E-state index in [0.29, 0.717) is 12.2 Å². The van der Waals surface area contributed by atoms with Crippen LogP contribution in [0, 0.1) is 0 Å². The minimum atomic E-state index is -4.27. The van der Waals surface area contributed by atoms with E-state index in [-0.39, 0.29) is 0 Å². The third kappa shape index (κ3) is 2.06. The lowest BCUT2D eigenvalue weighted by Gasteiger charge is -2.18. The van der Waals surface area contributed by atoms with Gasteiger partial charge in [0.15, 0.2) is 0 Å². The lowest BCUT2D eigenvalue weighted by molar-refractivity contribution is -0.137. The van der Waals surface area contributed by atoms with Gasteiger partial charge in [-0.05, 0) is 30.3 Å². The molecule has 0 atom stereocenters. The second-order valence-corrected chi connectivity index (χ2v) is 3.19. The van der Waals surface area contributed by atoms with Gasteiger partial charge in [0.05, 0.1) is 17.8 Å². The van der Waals surface area contributed by atoms with E-state index in [1.54, 1.807) is 11.2 Å². The number of hydrogen-bond acceptors (Lipinski definition) is 2. The van der Waals surface area contributed by atoms with E-state index >= 15 is 0 Å². The van der Waals surface area contributed by atoms with Gasteiger partial charge >= 0.3 is 6.18 Å². The molecule has 0 aliphatic carbocycles. The van der Waals surface area contributed by atoms with Crippen molar-refractivity contribution in [3.8, 4) is 0 Å². The third-order valence-corrected chi connectivity index (χ3v) is 2.14. The number of halogens is 3. The van der Waals surface area contributed by atoms with Crippen LogP contribution in [0.25, 0.3) is 0 Å². The van der Waals surface area contributed by atoms with Crippen molar-refractivity contribution in [3.05, 3.63) is 42.1 Å². The number of rotatable bonds is 1. The summed E-state index contributed by atoms with van der Waals surface area (Å²) >= 11 is 0. The number of benzene rings is 1. The first-order valence-electron chi connectivity index (χ1n) is 4.43. The predicted octanol–water partition coefficient (Wildman–Crippen LogP) is 2.54. The molecule has 1 aromatic carbocycles. The summed E-state index contributed by atoms with van der Waals surface area (Å²) in [6.07, 6.45) is -0.634. The summed E-state index contributed by atoms with van der Waals surface area (Å²) in [5, 5.41) is 1.75. The van der Waals surface area contributed by atoms with E-state index in [4.69, 9.17) is 0 Å². The van der Waals surface area contributed by atoms with Crippen LogP contribution in [0.5, 0.6) is 0 Å². The molecular formula is C10H9F3N2. The lowest BCUT2D eigenvalue weighted by atomic mass is 10.2. The van der Waals surface area contributed by atoms with Crippen molar-refractivity contribution in [1.82, 2.24) is 5.43 Å². The maximum atomic E-state index is 12.3. The molecule has 5 heteroatoms. The molecule has 1 aromatic rings. The number of hydrazine groups is 1. The smallest absolute Gasteiger partial charge is 0.306 e. The molecule has 0 aromatic heterocycles. The summed E-state index contributed by atoms with van der Waals surface area (Å²) in [4.78, 5) is 0. The zero-order valence-corrected chi connectivity index (χ0v) is 7.75. The highest BCUT2D eigenvalue weighted by atomic mass is 19.4. The van der Waals surface area contributed by atoms with Gasteiger partial charge in [0.1, 0.15) is 0 Å². The van der Waals surface area contributed by atoms with Crippen LogP contribution in [0.1, 0.15) is 5.56 Å². The molecule has 80 valence electrons. The summed E-state index contributed by atoms with van der Waals surface area (Å²) in [5.74, 6) is 0. The molecule has 0 fully saturated rings. The number of anilines is 1. The van der Waals surface area contributed by atoms with Gasteiger partial charge in [-0.3, -0.25) is 5.01 Å². The van der Waals surface area contributed by atoms with Crippen LogP contribution >= 0.6 is 0 Å². The first-order valence-corrected chi connectivity index (χ1v) is 4.43. The van der Waals surface area contributed by atoms with Crippen molar-refractivity contribution in [2.24, 2.45) is 0 Å². The number of nitrogens with zero attached hydrogens (tertiary/aromatic N) is 1. The first-order chi connectivity index (χ1) is 7.07. The molecule has 0 spiro atoms. The molecule has 0 saturated heterocycles. The molecule has 1 heterocycles. The Balaban J connectivity index is 2.17. The fourth-order valence-electron chi connectivity index (χ4n) is 1.36. The quantitative estimate of drug-likeness (QED) is 0.772. The van der Waals surface area contributed by atoms with Gasteiger partial charge < -0.3 is 5.43 Å². The van der Waals surface area contributed by atoms with E-state index in [0.717, 1.165) is 12.1 Å². The van der Waals surface area contributed by atoms with E-state index < -0.39 is 11.7 Å². The maximum Gasteiger partial charge on any atom is 0.416 e. The van der Waals surface area contributed by atoms with Crippen LogP contribution in [-0.4, -0.2) is 6.54 Å². The zero-order chi connectivity index (χ0) is 10.9. The topological polar surface area (TPSA) is 15.3 Å². The van der Waals surface area contributed by atoms with Crippen LogP contribution in [0.4, 0.5) is 18.9 Å². The normalized spacial score (nSPS) is 15.5. The Morgan fingerprint density at radius 3 is 2.27 bits per heavy atom. The number of hydrogen-bond donors (Lipinski definition) is 1. The van der Waals surface area contributed by atoms with Crippen molar-refractivity contribution >= 4 is 5.69 Å². The number of alkyl halides is 3. The average Bonchev–Trinajstić information content (AvgIpc) is 2.69. The fourth-order valence-corrected chi connectivity index (χ4v) is 1.36. The Labute approximate surface area is 85.0 Å². The van der Waals surface area contributed by atoms with Crippen LogP contribution in [0.2, 0.25) is 0 Å². The second-order valence-electron chi connectivity index (χ2n) is 3.19. The van der Waals surface area contributed by atoms with Crippen molar-refractivity contribution in [2.75, 3.05) is 11.6 Å². The maximum absolute atomic E-state index is 12.3. The Morgan fingerprint density at radius 1 is 1.13 bits per heavy atom. The average molecular weight is 214 g/mol. The molecular weight excluding hydrogens is 205 g/mol. The third-order valence-electron chi connectivity index (χ3n) is 2.14. The van der Waals surface area contributed by atoms with Gasteiger partial charge in [0, 0.05) is 6.20 Å². The molecule has 1 aliphatic heterocycles. The van der Waals surface area contributed by atoms with Gasteiger partial charge in [-0.2, -0.15) is 13.2 Å². The van der Waals surface area contributed by atoms with Gasteiger partial charge in [0.2, 0.25) is 0 Å². The zero-order valence-electron chi connectivity index (χ0n) is 7.75. The van der Waals surface area contributed by atoms with E-state index in [2.05, 4.69) is 5.43 Å². The molecule has 0 unspecified atom stereocenters. The van der Waals surface area contributed by atoms with Crippen molar-refractivity contribution in [3.63, 3.8) is 0 Å². The van der Waals surface area contributed by atoms with E-state index in [1.807, 2.05) is 6.08 Å². The largest absolute Gasteiger partial charge is 0.416 e. The highest BCUT2D eigenvalue weighted by Gasteiger charge is 2.30. The molecule has 1 N–H and O–H groups in total. The summed E-state index contributed by atoms with van der Waals surface area (Å²) in [6.45, 7) is 0.658. The SMILES string of the molecule is FC(F)(F)c1ccc(N2CC=CN2)cc1. The summed E-state index contributed by atoms with van der Waals surface area (Å²) in [6, 6.07) is 5.05. The Kier molecular flexibility index (Phi) is 2.30. The summed E-state index contributed by atoms with van der Waals surface area (Å²) in [5.41, 5.74) is 2.99. The molecule has 2 nitrogen and oxygen atoms in total. The fraction of sp³-hybridized carbons (Fsp3) is 0.200. The van der Waals surface area contributed by atoms with Gasteiger partial charge in [-0.25, -0.2) is 0 Å². The minimum absolute atomic E-state index is 0.626. The molecule has 0 radical (unpaired) electrons. The van der Waals surface area contributed by atoms with Crippen molar-refractivity contribution in [1.29, 1.82) is 0 Å².